The van der Waals surface area contributed by atoms with Crippen molar-refractivity contribution in [3.63, 3.8) is 0 Å². The first kappa shape index (κ1) is 41.8. The molecule has 0 radical (unpaired) electrons. The zero-order valence-electron chi connectivity index (χ0n) is 29.3. The number of Topliss-reactive ketones (excluding diaryl/α,β-unsaturated/α-hetero) is 1. The third-order valence-corrected chi connectivity index (χ3v) is 21.1. The number of nitrogens with zero attached hydrogens (tertiary/aromatic N) is 2. The van der Waals surface area contributed by atoms with Crippen molar-refractivity contribution in [1.82, 2.24) is 30.5 Å². The van der Waals surface area contributed by atoms with Crippen molar-refractivity contribution in [2.24, 2.45) is 16.7 Å². The van der Waals surface area contributed by atoms with Gasteiger partial charge in [-0.1, -0.05) is 18.9 Å². The van der Waals surface area contributed by atoms with Crippen molar-refractivity contribution in [2.75, 3.05) is 31.1 Å². The monoisotopic (exact) mass is 907 g/mol. The summed E-state index contributed by atoms with van der Waals surface area (Å²) in [6, 6.07) is -3.60. The van der Waals surface area contributed by atoms with E-state index in [0.717, 1.165) is 19.3 Å². The molecule has 2 fully saturated rings. The van der Waals surface area contributed by atoms with Gasteiger partial charge in [-0.15, -0.1) is 6.58 Å². The summed E-state index contributed by atoms with van der Waals surface area (Å²) >= 11 is 0.673. The van der Waals surface area contributed by atoms with Crippen LogP contribution in [0.25, 0.3) is 0 Å². The van der Waals surface area contributed by atoms with Crippen LogP contribution in [-0.2, 0) is 31.5 Å². The second-order valence-electron chi connectivity index (χ2n) is 14.6. The predicted molar refractivity (Wildman–Crippen MR) is 206 cm³/mol. The molecule has 5 amide bonds. The van der Waals surface area contributed by atoms with Gasteiger partial charge in [0, 0.05) is 6.54 Å². The van der Waals surface area contributed by atoms with Gasteiger partial charge in [0.25, 0.3) is 5.91 Å². The predicted octanol–water partition coefficient (Wildman–Crippen LogP) is 3.99. The molecule has 1 saturated heterocycles. The molecule has 270 valence electrons. The van der Waals surface area contributed by atoms with Crippen LogP contribution in [0.15, 0.2) is 12.7 Å². The summed E-state index contributed by atoms with van der Waals surface area (Å²) in [5, 5.41) is 11.3. The Balaban J connectivity index is 2.21. The first-order valence-electron chi connectivity index (χ1n) is 16.4. The SMILES string of the molecule is C=CCNC(=O)C(=O)C(CC1CC1)NC(=O)[C@@H]1CCCN1C(=O)[C@@H](NC(=O)N[C@H](CN(CCC)[SH+](=O)I(C)I)C(C)(C)C)C(C)(C)C. The second kappa shape index (κ2) is 18.6. The molecule has 12 nitrogen and oxygen atoms in total. The Morgan fingerprint density at radius 1 is 1.04 bits per heavy atom. The van der Waals surface area contributed by atoms with Crippen LogP contribution in [0.4, 0.5) is 4.79 Å². The third-order valence-electron chi connectivity index (χ3n) is 8.40. The van der Waals surface area contributed by atoms with Crippen LogP contribution in [0, 0.1) is 16.7 Å². The summed E-state index contributed by atoms with van der Waals surface area (Å²) in [7, 11) is -1.49. The van der Waals surface area contributed by atoms with Crippen molar-refractivity contribution in [3.05, 3.63) is 12.7 Å². The van der Waals surface area contributed by atoms with Crippen molar-refractivity contribution in [1.29, 1.82) is 0 Å². The normalized spacial score (nSPS) is 19.7. The number of amides is 5. The summed E-state index contributed by atoms with van der Waals surface area (Å²) in [6.45, 7) is 18.8. The molecule has 0 bridgehead atoms. The van der Waals surface area contributed by atoms with E-state index in [1.54, 1.807) is 0 Å². The standard InChI is InChI=1S/C32H56I2N6O6S/c1-10-16-35-28(43)25(41)22(19-21-14-15-21)36-27(42)23-13-12-18-40(23)29(44)26(32(6,7)8)38-30(45)37-24(31(3,4)5)20-39(17-11-2)47(46)34(9)33/h10,21-24,26H,1,11-20H2,2-9H3,(H,35,43)(H,36,42)(H2,37,38,45)/p+1/t22?,23-,24+,26+,47?/m0/s1. The molecule has 1 aliphatic heterocycles. The summed E-state index contributed by atoms with van der Waals surface area (Å²) < 4.78 is 15.1. The molecule has 2 aliphatic rings. The Hall–Kier alpha value is -1.34. The fourth-order valence-corrected chi connectivity index (χ4v) is 14.7. The molecule has 2 unspecified atom stereocenters. The van der Waals surface area contributed by atoms with Crippen molar-refractivity contribution < 1.29 is 28.2 Å². The Morgan fingerprint density at radius 3 is 2.19 bits per heavy atom. The van der Waals surface area contributed by atoms with Gasteiger partial charge in [-0.3, -0.25) is 14.4 Å². The third kappa shape index (κ3) is 13.1. The molecule has 5 atom stereocenters. The van der Waals surface area contributed by atoms with Crippen molar-refractivity contribution in [3.8, 4) is 0 Å². The molecule has 1 heterocycles. The summed E-state index contributed by atoms with van der Waals surface area (Å²) in [5.74, 6) is -2.07. The summed E-state index contributed by atoms with van der Waals surface area (Å²) in [5.41, 5.74) is -1.04. The van der Waals surface area contributed by atoms with Gasteiger partial charge in [-0.05, 0) is 12.3 Å². The van der Waals surface area contributed by atoms with Gasteiger partial charge in [0.15, 0.2) is 0 Å². The van der Waals surface area contributed by atoms with Gasteiger partial charge >= 0.3 is 214 Å². The summed E-state index contributed by atoms with van der Waals surface area (Å²) in [4.78, 5) is 70.2. The zero-order valence-corrected chi connectivity index (χ0v) is 34.5. The number of rotatable bonds is 17. The van der Waals surface area contributed by atoms with Crippen LogP contribution < -0.4 is 21.3 Å². The van der Waals surface area contributed by atoms with Gasteiger partial charge in [-0.2, -0.15) is 0 Å². The molecular formula is C32H57I2N6O6S+. The molecule has 0 aromatic rings. The number of carbonyl (C=O) groups is 5. The molecule has 4 N–H and O–H groups in total. The van der Waals surface area contributed by atoms with E-state index in [4.69, 9.17) is 0 Å². The molecule has 1 aliphatic carbocycles. The Labute approximate surface area is 299 Å². The van der Waals surface area contributed by atoms with Crippen LogP contribution in [0.2, 0.25) is 0 Å². The van der Waals surface area contributed by atoms with E-state index in [2.05, 4.69) is 51.4 Å². The Kier molecular flexibility index (Phi) is 16.6. The fourth-order valence-electron chi connectivity index (χ4n) is 5.43. The molecule has 2 rings (SSSR count). The van der Waals surface area contributed by atoms with Gasteiger partial charge in [0.2, 0.25) is 5.78 Å². The number of hydrogen-bond donors (Lipinski definition) is 4. The molecule has 1 saturated carbocycles. The molecule has 47 heavy (non-hydrogen) atoms. The quantitative estimate of drug-likeness (QED) is 0.0329. The van der Waals surface area contributed by atoms with Crippen molar-refractivity contribution >= 4 is 70.8 Å². The first-order chi connectivity index (χ1) is 21.8. The molecule has 15 heteroatoms. The van der Waals surface area contributed by atoms with Gasteiger partial charge in [-0.25, -0.2) is 0 Å². The molecule has 0 aromatic carbocycles. The average Bonchev–Trinajstić information content (AvgIpc) is 3.66. The van der Waals surface area contributed by atoms with E-state index in [1.165, 1.54) is 11.0 Å². The Morgan fingerprint density at radius 2 is 1.68 bits per heavy atom. The van der Waals surface area contributed by atoms with Crippen LogP contribution >= 0.6 is 33.1 Å². The van der Waals surface area contributed by atoms with Crippen LogP contribution in [-0.4, -0.2) is 94.0 Å². The van der Waals surface area contributed by atoms with Crippen LogP contribution in [0.1, 0.15) is 87.0 Å². The number of likely N-dealkylation sites (tertiary alicyclic amines) is 1. The average molecular weight is 908 g/mol. The maximum atomic E-state index is 14.1. The summed E-state index contributed by atoms with van der Waals surface area (Å²) in [6.07, 6.45) is 5.56. The van der Waals surface area contributed by atoms with Gasteiger partial charge < -0.3 is 10.6 Å². The number of thiol groups is 1. The number of carbonyl (C=O) groups excluding carboxylic acids is 5. The topological polar surface area (TPSA) is 157 Å². The number of ketones is 1. The van der Waals surface area contributed by atoms with E-state index in [9.17, 15) is 28.2 Å². The number of nitrogens with one attached hydrogen (secondary N) is 4. The van der Waals surface area contributed by atoms with Crippen LogP contribution in [0.5, 0.6) is 0 Å². The van der Waals surface area contributed by atoms with E-state index in [0.29, 0.717) is 38.9 Å². The maximum absolute atomic E-state index is 14.1. The van der Waals surface area contributed by atoms with E-state index in [-0.39, 0.29) is 29.8 Å². The van der Waals surface area contributed by atoms with E-state index < -0.39 is 69.8 Å². The number of halogens is 2. The zero-order chi connectivity index (χ0) is 35.7. The number of alkyl halides is 1. The Bertz CT molecular complexity index is 1170. The number of hydrogen-bond acceptors (Lipinski definition) is 6. The minimum atomic E-state index is -1.65. The molecule has 0 aromatic heterocycles. The minimum absolute atomic E-state index is 0.140. The molecular weight excluding hydrogens is 850 g/mol. The first-order valence-corrected chi connectivity index (χ1v) is 28.9. The molecule has 0 spiro atoms. The number of urea groups is 1. The second-order valence-corrected chi connectivity index (χ2v) is 36.2. The van der Waals surface area contributed by atoms with E-state index in [1.807, 2.05) is 52.8 Å². The van der Waals surface area contributed by atoms with Crippen molar-refractivity contribution in [2.45, 2.75) is 111 Å². The van der Waals surface area contributed by atoms with E-state index >= 15 is 0 Å². The van der Waals surface area contributed by atoms with Gasteiger partial charge in [0.05, 0.1) is 6.04 Å². The van der Waals surface area contributed by atoms with Crippen LogP contribution in [0.3, 0.4) is 0 Å². The van der Waals surface area contributed by atoms with Gasteiger partial charge in [0.1, 0.15) is 0 Å². The fraction of sp³-hybridized carbons (Fsp3) is 0.781.